The zero-order chi connectivity index (χ0) is 11.4. The summed E-state index contributed by atoms with van der Waals surface area (Å²) in [6.45, 7) is 0.450. The second kappa shape index (κ2) is 5.09. The van der Waals surface area contributed by atoms with Gasteiger partial charge in [-0.1, -0.05) is 11.6 Å². The van der Waals surface area contributed by atoms with Gasteiger partial charge in [0.15, 0.2) is 11.5 Å². The molecule has 0 aliphatic heterocycles. The number of aromatic hydroxyl groups is 1. The molecule has 0 spiro atoms. The lowest BCUT2D eigenvalue weighted by Gasteiger charge is -2.15. The summed E-state index contributed by atoms with van der Waals surface area (Å²) in [6, 6.07) is 1.52. The summed E-state index contributed by atoms with van der Waals surface area (Å²) < 4.78 is 10.3. The van der Waals surface area contributed by atoms with E-state index in [1.165, 1.54) is 20.3 Å². The number of hydrogen-bond donors (Lipinski definition) is 2. The molecular formula is C10H14ClNO3. The smallest absolute Gasteiger partial charge is 0.169 e. The van der Waals surface area contributed by atoms with Crippen LogP contribution in [0.4, 0.5) is 0 Å². The molecule has 0 heterocycles. The summed E-state index contributed by atoms with van der Waals surface area (Å²) in [7, 11) is 4.81. The van der Waals surface area contributed by atoms with Crippen LogP contribution in [0.3, 0.4) is 0 Å². The van der Waals surface area contributed by atoms with E-state index in [-0.39, 0.29) is 10.8 Å². The highest BCUT2D eigenvalue weighted by atomic mass is 35.5. The first-order valence-corrected chi connectivity index (χ1v) is 4.80. The summed E-state index contributed by atoms with van der Waals surface area (Å²) in [5.74, 6) is 1.02. The summed E-state index contributed by atoms with van der Waals surface area (Å²) in [5, 5.41) is 12.9. The topological polar surface area (TPSA) is 50.7 Å². The van der Waals surface area contributed by atoms with Crippen LogP contribution in [0.25, 0.3) is 0 Å². The lowest BCUT2D eigenvalue weighted by molar-refractivity contribution is 0.346. The molecule has 0 radical (unpaired) electrons. The Labute approximate surface area is 93.8 Å². The third kappa shape index (κ3) is 2.27. The number of phenols is 1. The molecule has 15 heavy (non-hydrogen) atoms. The minimum atomic E-state index is 0.0173. The predicted octanol–water partition coefficient (Wildman–Crippen LogP) is 1.78. The molecule has 0 saturated heterocycles. The Hall–Kier alpha value is -1.13. The summed E-state index contributed by atoms with van der Waals surface area (Å²) >= 11 is 5.85. The van der Waals surface area contributed by atoms with E-state index < -0.39 is 0 Å². The van der Waals surface area contributed by atoms with Gasteiger partial charge in [0.25, 0.3) is 0 Å². The van der Waals surface area contributed by atoms with E-state index in [0.29, 0.717) is 23.6 Å². The van der Waals surface area contributed by atoms with Crippen LogP contribution in [-0.4, -0.2) is 26.4 Å². The molecule has 0 fully saturated rings. The Morgan fingerprint density at radius 1 is 1.40 bits per heavy atom. The highest BCUT2D eigenvalue weighted by molar-refractivity contribution is 6.32. The molecule has 0 saturated carbocycles. The number of methoxy groups -OCH3 is 2. The molecule has 1 rings (SSSR count). The molecule has 0 amide bonds. The van der Waals surface area contributed by atoms with Gasteiger partial charge in [-0.25, -0.2) is 0 Å². The number of halogens is 1. The zero-order valence-corrected chi connectivity index (χ0v) is 9.68. The van der Waals surface area contributed by atoms with Crippen LogP contribution >= 0.6 is 11.6 Å². The Kier molecular flexibility index (Phi) is 4.05. The third-order valence-electron chi connectivity index (χ3n) is 2.05. The first-order chi connectivity index (χ1) is 7.15. The Balaban J connectivity index is 3.35. The quantitative estimate of drug-likeness (QED) is 0.830. The van der Waals surface area contributed by atoms with Gasteiger partial charge >= 0.3 is 0 Å². The van der Waals surface area contributed by atoms with E-state index in [1.54, 1.807) is 7.05 Å². The maximum Gasteiger partial charge on any atom is 0.169 e. The van der Waals surface area contributed by atoms with Crippen molar-refractivity contribution in [3.63, 3.8) is 0 Å². The molecule has 1 aromatic rings. The SMILES string of the molecule is CNCc1c(O)c(Cl)cc(OC)c1OC. The highest BCUT2D eigenvalue weighted by Gasteiger charge is 2.17. The number of hydrogen-bond acceptors (Lipinski definition) is 4. The van der Waals surface area contributed by atoms with Gasteiger partial charge in [0.2, 0.25) is 0 Å². The fourth-order valence-corrected chi connectivity index (χ4v) is 1.58. The molecule has 0 atom stereocenters. The van der Waals surface area contributed by atoms with E-state index in [1.807, 2.05) is 0 Å². The lowest BCUT2D eigenvalue weighted by atomic mass is 10.1. The molecule has 1 aromatic carbocycles. The largest absolute Gasteiger partial charge is 0.506 e. The van der Waals surface area contributed by atoms with Crippen molar-refractivity contribution in [1.82, 2.24) is 5.32 Å². The molecule has 0 bridgehead atoms. The van der Waals surface area contributed by atoms with Crippen LogP contribution in [0.5, 0.6) is 17.2 Å². The minimum absolute atomic E-state index is 0.0173. The maximum atomic E-state index is 9.75. The van der Waals surface area contributed by atoms with Crippen LogP contribution in [0.2, 0.25) is 5.02 Å². The standard InChI is InChI=1S/C10H14ClNO3/c1-12-5-6-9(13)7(11)4-8(14-2)10(6)15-3/h4,12-13H,5H2,1-3H3. The Bertz CT molecular complexity index is 355. The fourth-order valence-electron chi connectivity index (χ4n) is 1.37. The molecule has 5 heteroatoms. The normalized spacial score (nSPS) is 10.1. The summed E-state index contributed by atoms with van der Waals surface area (Å²) in [4.78, 5) is 0. The van der Waals surface area contributed by atoms with Gasteiger partial charge in [-0.15, -0.1) is 0 Å². The molecule has 0 aromatic heterocycles. The van der Waals surface area contributed by atoms with Gasteiger partial charge in [0.1, 0.15) is 5.75 Å². The van der Waals surface area contributed by atoms with Crippen molar-refractivity contribution in [1.29, 1.82) is 0 Å². The molecule has 0 aliphatic rings. The summed E-state index contributed by atoms with van der Waals surface area (Å²) in [6.07, 6.45) is 0. The first kappa shape index (κ1) is 11.9. The van der Waals surface area contributed by atoms with Crippen molar-refractivity contribution in [2.24, 2.45) is 0 Å². The number of ether oxygens (including phenoxy) is 2. The average molecular weight is 232 g/mol. The molecule has 4 nitrogen and oxygen atoms in total. The van der Waals surface area contributed by atoms with Gasteiger partial charge in [0, 0.05) is 12.6 Å². The second-order valence-electron chi connectivity index (χ2n) is 2.95. The van der Waals surface area contributed by atoms with Crippen LogP contribution in [0.1, 0.15) is 5.56 Å². The number of nitrogens with one attached hydrogen (secondary N) is 1. The van der Waals surface area contributed by atoms with Crippen molar-refractivity contribution >= 4 is 11.6 Å². The fraction of sp³-hybridized carbons (Fsp3) is 0.400. The van der Waals surface area contributed by atoms with Gasteiger partial charge in [-0.3, -0.25) is 0 Å². The summed E-state index contributed by atoms with van der Waals surface area (Å²) in [5.41, 5.74) is 0.587. The Morgan fingerprint density at radius 3 is 2.53 bits per heavy atom. The Morgan fingerprint density at radius 2 is 2.07 bits per heavy atom. The van der Waals surface area contributed by atoms with Crippen molar-refractivity contribution < 1.29 is 14.6 Å². The van der Waals surface area contributed by atoms with Crippen molar-refractivity contribution in [2.75, 3.05) is 21.3 Å². The van der Waals surface area contributed by atoms with Gasteiger partial charge in [-0.2, -0.15) is 0 Å². The van der Waals surface area contributed by atoms with E-state index in [2.05, 4.69) is 5.32 Å². The minimum Gasteiger partial charge on any atom is -0.506 e. The molecular weight excluding hydrogens is 218 g/mol. The van der Waals surface area contributed by atoms with Crippen LogP contribution < -0.4 is 14.8 Å². The van der Waals surface area contributed by atoms with E-state index in [9.17, 15) is 5.11 Å². The monoisotopic (exact) mass is 231 g/mol. The third-order valence-corrected chi connectivity index (χ3v) is 2.33. The number of rotatable bonds is 4. The highest BCUT2D eigenvalue weighted by Crippen LogP contribution is 2.41. The average Bonchev–Trinajstić information content (AvgIpc) is 2.24. The van der Waals surface area contributed by atoms with Gasteiger partial charge in [0.05, 0.1) is 24.8 Å². The van der Waals surface area contributed by atoms with Gasteiger partial charge in [-0.05, 0) is 7.05 Å². The van der Waals surface area contributed by atoms with E-state index >= 15 is 0 Å². The molecule has 0 aliphatic carbocycles. The van der Waals surface area contributed by atoms with Crippen LogP contribution in [-0.2, 0) is 6.54 Å². The molecule has 2 N–H and O–H groups in total. The van der Waals surface area contributed by atoms with Crippen molar-refractivity contribution in [3.8, 4) is 17.2 Å². The maximum absolute atomic E-state index is 9.75. The second-order valence-corrected chi connectivity index (χ2v) is 3.36. The zero-order valence-electron chi connectivity index (χ0n) is 8.93. The van der Waals surface area contributed by atoms with Crippen LogP contribution in [0.15, 0.2) is 6.07 Å². The number of phenolic OH excluding ortho intramolecular Hbond substituents is 1. The van der Waals surface area contributed by atoms with Gasteiger partial charge < -0.3 is 19.9 Å². The van der Waals surface area contributed by atoms with Crippen LogP contribution in [0, 0.1) is 0 Å². The van der Waals surface area contributed by atoms with Crippen molar-refractivity contribution in [2.45, 2.75) is 6.54 Å². The first-order valence-electron chi connectivity index (χ1n) is 4.42. The van der Waals surface area contributed by atoms with Crippen molar-refractivity contribution in [3.05, 3.63) is 16.7 Å². The molecule has 84 valence electrons. The van der Waals surface area contributed by atoms with E-state index in [4.69, 9.17) is 21.1 Å². The van der Waals surface area contributed by atoms with E-state index in [0.717, 1.165) is 0 Å². The molecule has 0 unspecified atom stereocenters. The lowest BCUT2D eigenvalue weighted by Crippen LogP contribution is -2.08. The predicted molar refractivity (Wildman–Crippen MR) is 59.0 cm³/mol. The number of benzene rings is 1.